The number of rotatable bonds is 4. The molecule has 2 aromatic carbocycles. The van der Waals surface area contributed by atoms with E-state index in [4.69, 9.17) is 4.74 Å². The standard InChI is InChI=1S/C20H25N3O.HI/c1-3-15-8-4-5-9-16(15)14-22-20(21-2)23-18-12-13-24-19-11-7-6-10-17(18)19;/h4-11,18H,3,12-14H2,1-2H3,(H2,21,22,23);1H. The molecule has 3 rings (SSSR count). The molecule has 0 saturated heterocycles. The van der Waals surface area contributed by atoms with Gasteiger partial charge in [0.25, 0.3) is 0 Å². The quantitative estimate of drug-likeness (QED) is 0.419. The molecule has 0 radical (unpaired) electrons. The van der Waals surface area contributed by atoms with Gasteiger partial charge in [-0.05, 0) is 23.6 Å². The number of hydrogen-bond acceptors (Lipinski definition) is 2. The van der Waals surface area contributed by atoms with Crippen LogP contribution < -0.4 is 15.4 Å². The van der Waals surface area contributed by atoms with E-state index >= 15 is 0 Å². The van der Waals surface area contributed by atoms with E-state index in [9.17, 15) is 0 Å². The second-order valence-corrected chi connectivity index (χ2v) is 5.92. The van der Waals surface area contributed by atoms with Crippen molar-refractivity contribution >= 4 is 29.9 Å². The Morgan fingerprint density at radius 1 is 1.12 bits per heavy atom. The van der Waals surface area contributed by atoms with Crippen molar-refractivity contribution in [3.63, 3.8) is 0 Å². The SMILES string of the molecule is CCc1ccccc1CNC(=NC)NC1CCOc2ccccc21.I. The zero-order chi connectivity index (χ0) is 16.8. The number of aryl methyl sites for hydroxylation is 1. The maximum atomic E-state index is 5.73. The molecule has 1 aliphatic heterocycles. The number of guanidine groups is 1. The first-order valence-electron chi connectivity index (χ1n) is 8.57. The fourth-order valence-electron chi connectivity index (χ4n) is 3.11. The average Bonchev–Trinajstić information content (AvgIpc) is 2.65. The molecule has 1 unspecified atom stereocenters. The minimum absolute atomic E-state index is 0. The van der Waals surface area contributed by atoms with Gasteiger partial charge in [0, 0.05) is 25.6 Å². The summed E-state index contributed by atoms with van der Waals surface area (Å²) in [6.45, 7) is 3.68. The Hall–Kier alpha value is -1.76. The summed E-state index contributed by atoms with van der Waals surface area (Å²) in [7, 11) is 1.81. The molecule has 1 heterocycles. The Kier molecular flexibility index (Phi) is 7.55. The smallest absolute Gasteiger partial charge is 0.191 e. The van der Waals surface area contributed by atoms with Gasteiger partial charge in [-0.15, -0.1) is 24.0 Å². The van der Waals surface area contributed by atoms with Crippen LogP contribution in [0.4, 0.5) is 0 Å². The molecule has 0 aromatic heterocycles. The summed E-state index contributed by atoms with van der Waals surface area (Å²) in [6, 6.07) is 17.0. The van der Waals surface area contributed by atoms with Gasteiger partial charge in [0.15, 0.2) is 5.96 Å². The zero-order valence-electron chi connectivity index (χ0n) is 14.8. The molecular weight excluding hydrogens is 425 g/mol. The molecule has 1 atom stereocenters. The first kappa shape index (κ1) is 19.6. The van der Waals surface area contributed by atoms with Gasteiger partial charge < -0.3 is 15.4 Å². The highest BCUT2D eigenvalue weighted by molar-refractivity contribution is 14.0. The van der Waals surface area contributed by atoms with Crippen LogP contribution in [0.3, 0.4) is 0 Å². The van der Waals surface area contributed by atoms with Gasteiger partial charge in [-0.25, -0.2) is 0 Å². The number of halogens is 1. The normalized spacial score (nSPS) is 16.2. The fraction of sp³-hybridized carbons (Fsp3) is 0.350. The van der Waals surface area contributed by atoms with Crippen LogP contribution in [0.25, 0.3) is 0 Å². The molecule has 2 N–H and O–H groups in total. The van der Waals surface area contributed by atoms with E-state index in [1.807, 2.05) is 19.2 Å². The first-order chi connectivity index (χ1) is 11.8. The summed E-state index contributed by atoms with van der Waals surface area (Å²) in [5, 5.41) is 6.97. The molecule has 4 nitrogen and oxygen atoms in total. The summed E-state index contributed by atoms with van der Waals surface area (Å²) in [4.78, 5) is 4.38. The molecular formula is C20H26IN3O. The van der Waals surface area contributed by atoms with Gasteiger partial charge >= 0.3 is 0 Å². The first-order valence-corrected chi connectivity index (χ1v) is 8.57. The Morgan fingerprint density at radius 3 is 2.60 bits per heavy atom. The molecule has 0 amide bonds. The maximum absolute atomic E-state index is 5.73. The van der Waals surface area contributed by atoms with Crippen molar-refractivity contribution in [3.8, 4) is 5.75 Å². The summed E-state index contributed by atoms with van der Waals surface area (Å²) in [5.74, 6) is 1.79. The predicted molar refractivity (Wildman–Crippen MR) is 114 cm³/mol. The molecule has 0 saturated carbocycles. The van der Waals surface area contributed by atoms with Gasteiger partial charge in [-0.1, -0.05) is 49.4 Å². The molecule has 0 bridgehead atoms. The third-order valence-electron chi connectivity index (χ3n) is 4.44. The van der Waals surface area contributed by atoms with Crippen molar-refractivity contribution in [3.05, 3.63) is 65.2 Å². The van der Waals surface area contributed by atoms with Crippen LogP contribution in [0.1, 0.15) is 36.1 Å². The topological polar surface area (TPSA) is 45.7 Å². The third kappa shape index (κ3) is 4.87. The van der Waals surface area contributed by atoms with Crippen LogP contribution in [0.15, 0.2) is 53.5 Å². The molecule has 0 spiro atoms. The van der Waals surface area contributed by atoms with Crippen LogP contribution in [-0.4, -0.2) is 19.6 Å². The average molecular weight is 451 g/mol. The summed E-state index contributed by atoms with van der Waals surface area (Å²) >= 11 is 0. The van der Waals surface area contributed by atoms with Crippen LogP contribution in [0.2, 0.25) is 0 Å². The van der Waals surface area contributed by atoms with Crippen LogP contribution in [-0.2, 0) is 13.0 Å². The van der Waals surface area contributed by atoms with E-state index in [1.165, 1.54) is 16.7 Å². The Morgan fingerprint density at radius 2 is 1.84 bits per heavy atom. The van der Waals surface area contributed by atoms with E-state index < -0.39 is 0 Å². The lowest BCUT2D eigenvalue weighted by molar-refractivity contribution is 0.261. The molecule has 0 fully saturated rings. The monoisotopic (exact) mass is 451 g/mol. The van der Waals surface area contributed by atoms with Gasteiger partial charge in [-0.3, -0.25) is 4.99 Å². The maximum Gasteiger partial charge on any atom is 0.191 e. The lowest BCUT2D eigenvalue weighted by Gasteiger charge is -2.28. The lowest BCUT2D eigenvalue weighted by Crippen LogP contribution is -2.40. The number of aliphatic imine (C=N–C) groups is 1. The van der Waals surface area contributed by atoms with Gasteiger partial charge in [-0.2, -0.15) is 0 Å². The molecule has 5 heteroatoms. The third-order valence-corrected chi connectivity index (χ3v) is 4.44. The van der Waals surface area contributed by atoms with E-state index in [0.717, 1.165) is 37.7 Å². The van der Waals surface area contributed by atoms with Gasteiger partial charge in [0.2, 0.25) is 0 Å². The minimum atomic E-state index is 0. The summed E-state index contributed by atoms with van der Waals surface area (Å²) in [5.41, 5.74) is 3.88. The van der Waals surface area contributed by atoms with E-state index in [0.29, 0.717) is 0 Å². The Balaban J connectivity index is 0.00000225. The molecule has 1 aliphatic rings. The molecule has 0 aliphatic carbocycles. The predicted octanol–water partition coefficient (Wildman–Crippen LogP) is 4.06. The molecule has 2 aromatic rings. The largest absolute Gasteiger partial charge is 0.493 e. The Bertz CT molecular complexity index is 718. The second-order valence-electron chi connectivity index (χ2n) is 5.92. The van der Waals surface area contributed by atoms with Crippen molar-refractivity contribution in [2.45, 2.75) is 32.4 Å². The van der Waals surface area contributed by atoms with Gasteiger partial charge in [0.1, 0.15) is 5.75 Å². The van der Waals surface area contributed by atoms with Crippen molar-refractivity contribution in [2.75, 3.05) is 13.7 Å². The van der Waals surface area contributed by atoms with Crippen LogP contribution in [0, 0.1) is 0 Å². The number of hydrogen-bond donors (Lipinski definition) is 2. The van der Waals surface area contributed by atoms with Crippen molar-refractivity contribution in [2.24, 2.45) is 4.99 Å². The highest BCUT2D eigenvalue weighted by Gasteiger charge is 2.21. The van der Waals surface area contributed by atoms with E-state index in [1.54, 1.807) is 0 Å². The van der Waals surface area contributed by atoms with Crippen molar-refractivity contribution in [1.82, 2.24) is 10.6 Å². The summed E-state index contributed by atoms with van der Waals surface area (Å²) in [6.07, 6.45) is 1.97. The number of benzene rings is 2. The highest BCUT2D eigenvalue weighted by atomic mass is 127. The highest BCUT2D eigenvalue weighted by Crippen LogP contribution is 2.31. The van der Waals surface area contributed by atoms with Gasteiger partial charge in [0.05, 0.1) is 12.6 Å². The number of ether oxygens (including phenoxy) is 1. The summed E-state index contributed by atoms with van der Waals surface area (Å²) < 4.78 is 5.73. The molecule has 25 heavy (non-hydrogen) atoms. The van der Waals surface area contributed by atoms with Crippen LogP contribution >= 0.6 is 24.0 Å². The van der Waals surface area contributed by atoms with E-state index in [2.05, 4.69) is 58.9 Å². The van der Waals surface area contributed by atoms with Crippen molar-refractivity contribution in [1.29, 1.82) is 0 Å². The van der Waals surface area contributed by atoms with Crippen molar-refractivity contribution < 1.29 is 4.74 Å². The lowest BCUT2D eigenvalue weighted by atomic mass is 10.0. The number of nitrogens with one attached hydrogen (secondary N) is 2. The number of fused-ring (bicyclic) bond motifs is 1. The minimum Gasteiger partial charge on any atom is -0.493 e. The second kappa shape index (κ2) is 9.65. The zero-order valence-corrected chi connectivity index (χ0v) is 17.1. The molecule has 134 valence electrons. The fourth-order valence-corrected chi connectivity index (χ4v) is 3.11. The van der Waals surface area contributed by atoms with E-state index in [-0.39, 0.29) is 30.0 Å². The van der Waals surface area contributed by atoms with Crippen LogP contribution in [0.5, 0.6) is 5.75 Å². The number of nitrogens with zero attached hydrogens (tertiary/aromatic N) is 1. The Labute approximate surface area is 167 Å². The number of para-hydroxylation sites is 1.